The van der Waals surface area contributed by atoms with Crippen LogP contribution in [0.3, 0.4) is 0 Å². The predicted molar refractivity (Wildman–Crippen MR) is 46.6 cm³/mol. The number of allylic oxidation sites excluding steroid dienone is 1. The van der Waals surface area contributed by atoms with Gasteiger partial charge in [-0.1, -0.05) is 33.3 Å². The zero-order chi connectivity index (χ0) is 7.98. The van der Waals surface area contributed by atoms with E-state index in [1.165, 1.54) is 19.3 Å². The molecule has 0 saturated heterocycles. The quantitative estimate of drug-likeness (QED) is 0.585. The van der Waals surface area contributed by atoms with Crippen molar-refractivity contribution in [2.75, 3.05) is 0 Å². The fourth-order valence-corrected chi connectivity index (χ4v) is 0.905. The minimum Gasteiger partial charge on any atom is -0.403 e. The van der Waals surface area contributed by atoms with Gasteiger partial charge in [0, 0.05) is 5.70 Å². The fraction of sp³-hybridized carbons (Fsp3) is 0.778. The van der Waals surface area contributed by atoms with Crippen LogP contribution in [0.25, 0.3) is 0 Å². The molecule has 1 nitrogen and oxygen atoms in total. The molecular weight excluding hydrogens is 122 g/mol. The molecule has 1 heteroatoms. The Morgan fingerprint density at radius 3 is 2.40 bits per heavy atom. The molecule has 60 valence electrons. The van der Waals surface area contributed by atoms with Crippen LogP contribution in [-0.2, 0) is 0 Å². The van der Waals surface area contributed by atoms with E-state index >= 15 is 0 Å². The smallest absolute Gasteiger partial charge is 0.000744 e. The average molecular weight is 141 g/mol. The Balaban J connectivity index is 2.98. The van der Waals surface area contributed by atoms with E-state index in [0.717, 1.165) is 18.0 Å². The number of nitrogens with two attached hydrogens (primary N) is 1. The lowest BCUT2D eigenvalue weighted by Crippen LogP contribution is -1.94. The minimum absolute atomic E-state index is 0.823. The Morgan fingerprint density at radius 1 is 1.40 bits per heavy atom. The van der Waals surface area contributed by atoms with E-state index in [-0.39, 0.29) is 0 Å². The van der Waals surface area contributed by atoms with E-state index in [9.17, 15) is 0 Å². The maximum absolute atomic E-state index is 5.41. The van der Waals surface area contributed by atoms with Crippen LogP contribution in [0.2, 0.25) is 0 Å². The van der Waals surface area contributed by atoms with Gasteiger partial charge in [-0.05, 0) is 18.8 Å². The zero-order valence-corrected chi connectivity index (χ0v) is 7.19. The van der Waals surface area contributed by atoms with Gasteiger partial charge < -0.3 is 5.73 Å². The second-order valence-electron chi connectivity index (χ2n) is 3.30. The van der Waals surface area contributed by atoms with Crippen molar-refractivity contribution in [1.29, 1.82) is 0 Å². The van der Waals surface area contributed by atoms with Crippen LogP contribution in [-0.4, -0.2) is 0 Å². The Morgan fingerprint density at radius 2 is 2.00 bits per heavy atom. The van der Waals surface area contributed by atoms with Crippen LogP contribution in [0, 0.1) is 5.92 Å². The van der Waals surface area contributed by atoms with Crippen molar-refractivity contribution in [3.8, 4) is 0 Å². The van der Waals surface area contributed by atoms with Gasteiger partial charge in [-0.25, -0.2) is 0 Å². The van der Waals surface area contributed by atoms with Gasteiger partial charge in [-0.3, -0.25) is 0 Å². The Labute approximate surface area is 64.3 Å². The second kappa shape index (κ2) is 5.33. The van der Waals surface area contributed by atoms with Crippen molar-refractivity contribution in [1.82, 2.24) is 0 Å². The van der Waals surface area contributed by atoms with E-state index in [1.807, 2.05) is 0 Å². The number of hydrogen-bond acceptors (Lipinski definition) is 1. The van der Waals surface area contributed by atoms with Gasteiger partial charge in [0.2, 0.25) is 0 Å². The summed E-state index contributed by atoms with van der Waals surface area (Å²) < 4.78 is 0. The summed E-state index contributed by atoms with van der Waals surface area (Å²) in [4.78, 5) is 0. The van der Waals surface area contributed by atoms with Crippen LogP contribution < -0.4 is 5.73 Å². The van der Waals surface area contributed by atoms with E-state index in [2.05, 4.69) is 20.4 Å². The minimum atomic E-state index is 0.823. The lowest BCUT2D eigenvalue weighted by atomic mass is 10.1. The van der Waals surface area contributed by atoms with E-state index in [1.54, 1.807) is 0 Å². The summed E-state index contributed by atoms with van der Waals surface area (Å²) in [6, 6.07) is 0. The van der Waals surface area contributed by atoms with E-state index in [4.69, 9.17) is 5.73 Å². The lowest BCUT2D eigenvalue weighted by molar-refractivity contribution is 0.537. The van der Waals surface area contributed by atoms with Crippen LogP contribution in [0.4, 0.5) is 0 Å². The summed E-state index contributed by atoms with van der Waals surface area (Å²) in [6.07, 6.45) is 4.79. The first-order valence-corrected chi connectivity index (χ1v) is 4.06. The third-order valence-electron chi connectivity index (χ3n) is 1.53. The molecule has 0 aromatic carbocycles. The zero-order valence-electron chi connectivity index (χ0n) is 7.19. The van der Waals surface area contributed by atoms with Gasteiger partial charge in [-0.15, -0.1) is 0 Å². The molecule has 0 aliphatic heterocycles. The van der Waals surface area contributed by atoms with Crippen molar-refractivity contribution >= 4 is 0 Å². The van der Waals surface area contributed by atoms with Gasteiger partial charge in [0.1, 0.15) is 0 Å². The molecule has 0 amide bonds. The molecule has 0 bridgehead atoms. The third kappa shape index (κ3) is 7.54. The Bertz CT molecular complexity index is 94.9. The van der Waals surface area contributed by atoms with Gasteiger partial charge in [0.05, 0.1) is 0 Å². The molecule has 0 aromatic rings. The van der Waals surface area contributed by atoms with Crippen LogP contribution in [0.5, 0.6) is 0 Å². The highest BCUT2D eigenvalue weighted by Gasteiger charge is 1.93. The molecule has 0 unspecified atom stereocenters. The first kappa shape index (κ1) is 9.54. The largest absolute Gasteiger partial charge is 0.403 e. The topological polar surface area (TPSA) is 26.0 Å². The van der Waals surface area contributed by atoms with Gasteiger partial charge >= 0.3 is 0 Å². The third-order valence-corrected chi connectivity index (χ3v) is 1.53. The van der Waals surface area contributed by atoms with E-state index < -0.39 is 0 Å². The number of unbranched alkanes of at least 4 members (excludes halogenated alkanes) is 1. The first-order chi connectivity index (χ1) is 4.63. The highest BCUT2D eigenvalue weighted by atomic mass is 14.5. The summed E-state index contributed by atoms with van der Waals surface area (Å²) in [5, 5.41) is 0. The molecule has 0 radical (unpaired) electrons. The standard InChI is InChI=1S/C9H19N/c1-8(2)6-4-5-7-9(3)10/h8H,3-7,10H2,1-2H3. The SMILES string of the molecule is C=C(N)CCCCC(C)C. The van der Waals surface area contributed by atoms with Crippen molar-refractivity contribution < 1.29 is 0 Å². The molecule has 0 aromatic heterocycles. The van der Waals surface area contributed by atoms with Crippen LogP contribution >= 0.6 is 0 Å². The molecule has 2 N–H and O–H groups in total. The number of hydrogen-bond donors (Lipinski definition) is 1. The highest BCUT2D eigenvalue weighted by molar-refractivity contribution is 4.84. The highest BCUT2D eigenvalue weighted by Crippen LogP contribution is 2.08. The molecule has 0 aliphatic rings. The predicted octanol–water partition coefficient (Wildman–Crippen LogP) is 2.68. The van der Waals surface area contributed by atoms with Crippen LogP contribution in [0.15, 0.2) is 12.3 Å². The van der Waals surface area contributed by atoms with Crippen LogP contribution in [0.1, 0.15) is 39.5 Å². The van der Waals surface area contributed by atoms with Crippen molar-refractivity contribution in [2.45, 2.75) is 39.5 Å². The van der Waals surface area contributed by atoms with Crippen molar-refractivity contribution in [2.24, 2.45) is 11.7 Å². The molecule has 0 rings (SSSR count). The lowest BCUT2D eigenvalue weighted by Gasteiger charge is -2.03. The molecule has 0 heterocycles. The monoisotopic (exact) mass is 141 g/mol. The molecule has 0 fully saturated rings. The second-order valence-corrected chi connectivity index (χ2v) is 3.30. The van der Waals surface area contributed by atoms with Gasteiger partial charge in [0.15, 0.2) is 0 Å². The Hall–Kier alpha value is -0.460. The molecule has 0 spiro atoms. The van der Waals surface area contributed by atoms with Gasteiger partial charge in [0.25, 0.3) is 0 Å². The van der Waals surface area contributed by atoms with E-state index in [0.29, 0.717) is 0 Å². The Kier molecular flexibility index (Phi) is 5.09. The summed E-state index contributed by atoms with van der Waals surface area (Å²) >= 11 is 0. The summed E-state index contributed by atoms with van der Waals surface area (Å²) in [5.74, 6) is 0.825. The fourth-order valence-electron chi connectivity index (χ4n) is 0.905. The average Bonchev–Trinajstić information content (AvgIpc) is 1.79. The molecule has 10 heavy (non-hydrogen) atoms. The normalized spacial score (nSPS) is 10.3. The summed E-state index contributed by atoms with van der Waals surface area (Å²) in [6.45, 7) is 8.14. The van der Waals surface area contributed by atoms with Crippen molar-refractivity contribution in [3.63, 3.8) is 0 Å². The van der Waals surface area contributed by atoms with Crippen molar-refractivity contribution in [3.05, 3.63) is 12.3 Å². The van der Waals surface area contributed by atoms with Gasteiger partial charge in [-0.2, -0.15) is 0 Å². The molecular formula is C9H19N. The molecule has 0 aliphatic carbocycles. The number of rotatable bonds is 5. The summed E-state index contributed by atoms with van der Waals surface area (Å²) in [5.41, 5.74) is 6.24. The molecule has 0 saturated carbocycles. The maximum atomic E-state index is 5.41. The maximum Gasteiger partial charge on any atom is 0.000744 e. The summed E-state index contributed by atoms with van der Waals surface area (Å²) in [7, 11) is 0. The first-order valence-electron chi connectivity index (χ1n) is 4.06. The molecule has 0 atom stereocenters.